The molecular formula is C19H21ClN6O. The van der Waals surface area contributed by atoms with Crippen LogP contribution < -0.4 is 5.32 Å². The van der Waals surface area contributed by atoms with Crippen LogP contribution in [0.15, 0.2) is 30.7 Å². The minimum Gasteiger partial charge on any atom is -0.356 e. The van der Waals surface area contributed by atoms with Crippen LogP contribution in [-0.2, 0) is 4.79 Å². The van der Waals surface area contributed by atoms with E-state index in [1.165, 1.54) is 0 Å². The Bertz CT molecular complexity index is 993. The highest BCUT2D eigenvalue weighted by atomic mass is 35.5. The second-order valence-corrected chi connectivity index (χ2v) is 7.70. The van der Waals surface area contributed by atoms with Crippen molar-refractivity contribution in [2.75, 3.05) is 18.4 Å². The topological polar surface area (TPSA) is 86.8 Å². The average molecular weight is 385 g/mol. The second-order valence-electron chi connectivity index (χ2n) is 7.27. The van der Waals surface area contributed by atoms with Gasteiger partial charge in [0, 0.05) is 42.6 Å². The van der Waals surface area contributed by atoms with Gasteiger partial charge in [0.15, 0.2) is 5.82 Å². The number of pyridine rings is 1. The van der Waals surface area contributed by atoms with E-state index in [9.17, 15) is 4.79 Å². The molecule has 27 heavy (non-hydrogen) atoms. The van der Waals surface area contributed by atoms with Gasteiger partial charge in [0.1, 0.15) is 17.0 Å². The molecule has 1 fully saturated rings. The van der Waals surface area contributed by atoms with E-state index in [1.54, 1.807) is 18.5 Å². The number of aromatic nitrogens is 4. The summed E-state index contributed by atoms with van der Waals surface area (Å²) in [5.74, 6) is 1.23. The maximum Gasteiger partial charge on any atom is 0.247 e. The molecule has 1 amide bonds. The van der Waals surface area contributed by atoms with Crippen molar-refractivity contribution in [2.45, 2.75) is 32.2 Å². The SMILES string of the molecule is CC(C)(Nc1ccnc(-c2c[nH]c3ncc(Cl)cc23)n1)C(=O)N1CCCC1. The molecule has 0 spiro atoms. The Labute approximate surface area is 162 Å². The van der Waals surface area contributed by atoms with E-state index in [2.05, 4.69) is 25.3 Å². The van der Waals surface area contributed by atoms with Gasteiger partial charge in [-0.2, -0.15) is 0 Å². The molecule has 4 rings (SSSR count). The third-order valence-electron chi connectivity index (χ3n) is 4.76. The number of carbonyl (C=O) groups excluding carboxylic acids is 1. The molecule has 0 atom stereocenters. The number of nitrogens with zero attached hydrogens (tertiary/aromatic N) is 4. The predicted octanol–water partition coefficient (Wildman–Crippen LogP) is 3.49. The molecule has 3 aromatic heterocycles. The molecule has 0 aromatic carbocycles. The van der Waals surface area contributed by atoms with Crippen LogP contribution in [0.2, 0.25) is 5.02 Å². The van der Waals surface area contributed by atoms with Gasteiger partial charge in [-0.05, 0) is 38.8 Å². The number of H-pyrrole nitrogens is 1. The number of carbonyl (C=O) groups is 1. The van der Waals surface area contributed by atoms with Crippen molar-refractivity contribution in [3.8, 4) is 11.4 Å². The Balaban J connectivity index is 1.62. The fourth-order valence-electron chi connectivity index (χ4n) is 3.41. The summed E-state index contributed by atoms with van der Waals surface area (Å²) in [6.07, 6.45) is 7.22. The maximum atomic E-state index is 12.8. The Morgan fingerprint density at radius 1 is 1.30 bits per heavy atom. The predicted molar refractivity (Wildman–Crippen MR) is 106 cm³/mol. The van der Waals surface area contributed by atoms with Crippen molar-refractivity contribution in [2.24, 2.45) is 0 Å². The van der Waals surface area contributed by atoms with Crippen molar-refractivity contribution in [3.05, 3.63) is 35.7 Å². The van der Waals surface area contributed by atoms with E-state index >= 15 is 0 Å². The van der Waals surface area contributed by atoms with Gasteiger partial charge in [-0.1, -0.05) is 11.6 Å². The lowest BCUT2D eigenvalue weighted by atomic mass is 10.0. The number of hydrogen-bond acceptors (Lipinski definition) is 5. The Morgan fingerprint density at radius 2 is 2.07 bits per heavy atom. The van der Waals surface area contributed by atoms with Crippen LogP contribution in [0.4, 0.5) is 5.82 Å². The van der Waals surface area contributed by atoms with Crippen molar-refractivity contribution >= 4 is 34.4 Å². The first-order valence-corrected chi connectivity index (χ1v) is 9.35. The molecule has 1 saturated heterocycles. The molecular weight excluding hydrogens is 364 g/mol. The number of halogens is 1. The highest BCUT2D eigenvalue weighted by molar-refractivity contribution is 6.31. The lowest BCUT2D eigenvalue weighted by molar-refractivity contribution is -0.133. The third-order valence-corrected chi connectivity index (χ3v) is 4.97. The van der Waals surface area contributed by atoms with Crippen molar-refractivity contribution in [3.63, 3.8) is 0 Å². The summed E-state index contributed by atoms with van der Waals surface area (Å²) < 4.78 is 0. The van der Waals surface area contributed by atoms with Crippen LogP contribution >= 0.6 is 11.6 Å². The van der Waals surface area contributed by atoms with E-state index < -0.39 is 5.54 Å². The zero-order valence-corrected chi connectivity index (χ0v) is 16.0. The molecule has 3 aromatic rings. The van der Waals surface area contributed by atoms with Crippen LogP contribution in [0.5, 0.6) is 0 Å². The number of rotatable bonds is 4. The number of aromatic amines is 1. The molecule has 140 valence electrons. The molecule has 0 saturated carbocycles. The van der Waals surface area contributed by atoms with Gasteiger partial charge < -0.3 is 15.2 Å². The summed E-state index contributed by atoms with van der Waals surface area (Å²) in [4.78, 5) is 31.0. The molecule has 0 aliphatic carbocycles. The van der Waals surface area contributed by atoms with E-state index in [4.69, 9.17) is 11.6 Å². The van der Waals surface area contributed by atoms with Gasteiger partial charge >= 0.3 is 0 Å². The Hall–Kier alpha value is -2.67. The lowest BCUT2D eigenvalue weighted by Crippen LogP contribution is -2.49. The van der Waals surface area contributed by atoms with Gasteiger partial charge in [-0.25, -0.2) is 15.0 Å². The monoisotopic (exact) mass is 384 g/mol. The van der Waals surface area contributed by atoms with Crippen LogP contribution in [0.25, 0.3) is 22.4 Å². The van der Waals surface area contributed by atoms with Gasteiger partial charge in [0.2, 0.25) is 5.91 Å². The number of likely N-dealkylation sites (tertiary alicyclic amines) is 1. The molecule has 7 nitrogen and oxygen atoms in total. The minimum absolute atomic E-state index is 0.0863. The third kappa shape index (κ3) is 3.47. The second kappa shape index (κ2) is 6.81. The average Bonchev–Trinajstić information content (AvgIpc) is 3.30. The van der Waals surface area contributed by atoms with Gasteiger partial charge in [-0.3, -0.25) is 4.79 Å². The van der Waals surface area contributed by atoms with Crippen LogP contribution in [-0.4, -0.2) is 49.4 Å². The van der Waals surface area contributed by atoms with Crippen molar-refractivity contribution < 1.29 is 4.79 Å². The summed E-state index contributed by atoms with van der Waals surface area (Å²) >= 11 is 6.08. The molecule has 2 N–H and O–H groups in total. The fourth-order valence-corrected chi connectivity index (χ4v) is 3.57. The zero-order chi connectivity index (χ0) is 19.0. The largest absolute Gasteiger partial charge is 0.356 e. The smallest absolute Gasteiger partial charge is 0.247 e. The minimum atomic E-state index is -0.749. The van der Waals surface area contributed by atoms with E-state index in [0.717, 1.165) is 42.5 Å². The summed E-state index contributed by atoms with van der Waals surface area (Å²) in [5.41, 5.74) is 0.786. The van der Waals surface area contributed by atoms with Crippen LogP contribution in [0, 0.1) is 0 Å². The molecule has 0 unspecified atom stereocenters. The molecule has 0 radical (unpaired) electrons. The first kappa shape index (κ1) is 17.7. The number of nitrogens with one attached hydrogen (secondary N) is 2. The van der Waals surface area contributed by atoms with Crippen LogP contribution in [0.3, 0.4) is 0 Å². The number of hydrogen-bond donors (Lipinski definition) is 2. The molecule has 4 heterocycles. The van der Waals surface area contributed by atoms with Gasteiger partial charge in [-0.15, -0.1) is 0 Å². The summed E-state index contributed by atoms with van der Waals surface area (Å²) in [5, 5.41) is 4.67. The molecule has 8 heteroatoms. The molecule has 1 aliphatic heterocycles. The Kier molecular flexibility index (Phi) is 4.47. The number of anilines is 1. The highest BCUT2D eigenvalue weighted by Gasteiger charge is 2.33. The van der Waals surface area contributed by atoms with Crippen molar-refractivity contribution in [1.82, 2.24) is 24.8 Å². The van der Waals surface area contributed by atoms with Crippen LogP contribution in [0.1, 0.15) is 26.7 Å². The lowest BCUT2D eigenvalue weighted by Gasteiger charge is -2.30. The fraction of sp³-hybridized carbons (Fsp3) is 0.368. The highest BCUT2D eigenvalue weighted by Crippen LogP contribution is 2.28. The normalized spacial score (nSPS) is 14.7. The van der Waals surface area contributed by atoms with Crippen molar-refractivity contribution in [1.29, 1.82) is 0 Å². The first-order chi connectivity index (χ1) is 12.9. The summed E-state index contributed by atoms with van der Waals surface area (Å²) in [6.45, 7) is 5.40. The van der Waals surface area contributed by atoms with E-state index in [0.29, 0.717) is 16.7 Å². The quantitative estimate of drug-likeness (QED) is 0.719. The standard InChI is InChI=1S/C19H21ClN6O/c1-19(2,18(27)26-7-3-4-8-26)25-15-5-6-21-17(24-15)14-11-23-16-13(14)9-12(20)10-22-16/h5-6,9-11H,3-4,7-8H2,1-2H3,(H,22,23)(H,21,24,25). The van der Waals surface area contributed by atoms with E-state index in [-0.39, 0.29) is 5.91 Å². The number of fused-ring (bicyclic) bond motifs is 1. The van der Waals surface area contributed by atoms with Gasteiger partial charge in [0.05, 0.1) is 5.02 Å². The van der Waals surface area contributed by atoms with Gasteiger partial charge in [0.25, 0.3) is 0 Å². The summed E-state index contributed by atoms with van der Waals surface area (Å²) in [7, 11) is 0. The molecule has 1 aliphatic rings. The first-order valence-electron chi connectivity index (χ1n) is 8.98. The Morgan fingerprint density at radius 3 is 2.85 bits per heavy atom. The number of amides is 1. The zero-order valence-electron chi connectivity index (χ0n) is 15.3. The maximum absolute atomic E-state index is 12.8. The van der Waals surface area contributed by atoms with E-state index in [1.807, 2.05) is 31.0 Å². The molecule has 0 bridgehead atoms. The summed E-state index contributed by atoms with van der Waals surface area (Å²) in [6, 6.07) is 3.60.